The van der Waals surface area contributed by atoms with Crippen LogP contribution in [0.1, 0.15) is 0 Å². The molecule has 0 N–H and O–H groups in total. The lowest BCUT2D eigenvalue weighted by Crippen LogP contribution is -1.93. The quantitative estimate of drug-likeness (QED) is 0.366. The average Bonchev–Trinajstić information content (AvgIpc) is 3.24. The second-order valence-corrected chi connectivity index (χ2v) is 6.93. The number of benzene rings is 3. The van der Waals surface area contributed by atoms with Crippen LogP contribution >= 0.6 is 0 Å². The first-order chi connectivity index (χ1) is 14.3. The third kappa shape index (κ3) is 3.17. The van der Waals surface area contributed by atoms with Crippen molar-refractivity contribution in [1.82, 2.24) is 9.38 Å². The zero-order valence-electron chi connectivity index (χ0n) is 16.1. The molecule has 0 bridgehead atoms. The van der Waals surface area contributed by atoms with Gasteiger partial charge in [0.25, 0.3) is 0 Å². The van der Waals surface area contributed by atoms with Gasteiger partial charge in [0.05, 0.1) is 12.8 Å². The first-order valence-corrected chi connectivity index (χ1v) is 9.60. The van der Waals surface area contributed by atoms with Crippen molar-refractivity contribution in [3.8, 4) is 39.3 Å². The van der Waals surface area contributed by atoms with Crippen LogP contribution in [0.2, 0.25) is 0 Å². The lowest BCUT2D eigenvalue weighted by Gasteiger charge is -2.12. The fourth-order valence-corrected chi connectivity index (χ4v) is 3.70. The number of ether oxygens (including phenoxy) is 1. The van der Waals surface area contributed by atoms with Crippen LogP contribution in [0.25, 0.3) is 39.2 Å². The molecule has 5 aromatic rings. The number of methoxy groups -OCH3 is 1. The highest BCUT2D eigenvalue weighted by Gasteiger charge is 2.15. The highest BCUT2D eigenvalue weighted by molar-refractivity contribution is 5.86. The fraction of sp³-hybridized carbons (Fsp3) is 0.0385. The van der Waals surface area contributed by atoms with Gasteiger partial charge in [-0.1, -0.05) is 78.9 Å². The Hall–Kier alpha value is -3.85. The number of para-hydroxylation sites is 1. The molecule has 0 aliphatic rings. The summed E-state index contributed by atoms with van der Waals surface area (Å²) >= 11 is 0. The molecule has 2 heterocycles. The third-order valence-electron chi connectivity index (χ3n) is 5.13. The summed E-state index contributed by atoms with van der Waals surface area (Å²) in [6.07, 6.45) is 4.24. The van der Waals surface area contributed by atoms with E-state index in [0.29, 0.717) is 0 Å². The van der Waals surface area contributed by atoms with Gasteiger partial charge in [-0.15, -0.1) is 0 Å². The molecule has 0 unspecified atom stereocenters. The van der Waals surface area contributed by atoms with Crippen LogP contribution in [0.4, 0.5) is 0 Å². The molecule has 3 nitrogen and oxygen atoms in total. The maximum Gasteiger partial charge on any atom is 0.145 e. The number of aromatic nitrogens is 2. The highest BCUT2D eigenvalue weighted by atomic mass is 16.5. The fourth-order valence-electron chi connectivity index (χ4n) is 3.70. The normalized spacial score (nSPS) is 10.9. The Kier molecular flexibility index (Phi) is 4.34. The molecule has 0 amide bonds. The minimum Gasteiger partial charge on any atom is -0.496 e. The van der Waals surface area contributed by atoms with Crippen molar-refractivity contribution in [1.29, 1.82) is 0 Å². The molecule has 0 fully saturated rings. The molecule has 5 rings (SSSR count). The van der Waals surface area contributed by atoms with Gasteiger partial charge in [-0.3, -0.25) is 0 Å². The van der Waals surface area contributed by atoms with Crippen LogP contribution in [0.15, 0.2) is 103 Å². The molecule has 140 valence electrons. The van der Waals surface area contributed by atoms with Gasteiger partial charge in [0, 0.05) is 29.1 Å². The second kappa shape index (κ2) is 7.28. The number of imidazole rings is 1. The lowest BCUT2D eigenvalue weighted by molar-refractivity contribution is 0.416. The van der Waals surface area contributed by atoms with Crippen molar-refractivity contribution in [3.63, 3.8) is 0 Å². The molecule has 29 heavy (non-hydrogen) atoms. The Labute approximate surface area is 169 Å². The summed E-state index contributed by atoms with van der Waals surface area (Å²) in [5.74, 6) is 0.837. The van der Waals surface area contributed by atoms with Gasteiger partial charge in [0.1, 0.15) is 11.4 Å². The van der Waals surface area contributed by atoms with Gasteiger partial charge >= 0.3 is 0 Å². The van der Waals surface area contributed by atoms with E-state index in [4.69, 9.17) is 9.72 Å². The smallest absolute Gasteiger partial charge is 0.145 e. The number of fused-ring (bicyclic) bond motifs is 1. The summed E-state index contributed by atoms with van der Waals surface area (Å²) in [6, 6.07) is 31.0. The predicted molar refractivity (Wildman–Crippen MR) is 118 cm³/mol. The summed E-state index contributed by atoms with van der Waals surface area (Å²) in [6.45, 7) is 0. The Morgan fingerprint density at radius 1 is 0.655 bits per heavy atom. The predicted octanol–water partition coefficient (Wildman–Crippen LogP) is 6.34. The first kappa shape index (κ1) is 17.3. The number of nitrogens with zero attached hydrogens (tertiary/aromatic N) is 2. The molecule has 0 atom stereocenters. The van der Waals surface area contributed by atoms with Crippen LogP contribution < -0.4 is 4.74 Å². The van der Waals surface area contributed by atoms with E-state index in [2.05, 4.69) is 65.3 Å². The van der Waals surface area contributed by atoms with Gasteiger partial charge in [-0.2, -0.15) is 0 Å². The molecular weight excluding hydrogens is 356 g/mol. The molecular formula is C26H20N2O. The van der Waals surface area contributed by atoms with Crippen molar-refractivity contribution in [3.05, 3.63) is 103 Å². The zero-order valence-corrected chi connectivity index (χ0v) is 16.1. The van der Waals surface area contributed by atoms with E-state index < -0.39 is 0 Å². The number of hydrogen-bond donors (Lipinski definition) is 0. The second-order valence-electron chi connectivity index (χ2n) is 6.93. The SMILES string of the molecule is COc1ccccc1-c1cc(-c2ccccc2)cn2cc(-c3ccccc3)nc12. The van der Waals surface area contributed by atoms with Crippen molar-refractivity contribution in [2.24, 2.45) is 0 Å². The van der Waals surface area contributed by atoms with Gasteiger partial charge in [0.15, 0.2) is 0 Å². The van der Waals surface area contributed by atoms with Gasteiger partial charge < -0.3 is 9.14 Å². The van der Waals surface area contributed by atoms with E-state index in [1.807, 2.05) is 42.5 Å². The average molecular weight is 376 g/mol. The Bertz CT molecular complexity index is 1270. The Balaban J connectivity index is 1.80. The van der Waals surface area contributed by atoms with E-state index in [0.717, 1.165) is 39.3 Å². The van der Waals surface area contributed by atoms with Crippen molar-refractivity contribution < 1.29 is 4.74 Å². The lowest BCUT2D eigenvalue weighted by atomic mass is 10.0. The molecule has 0 saturated heterocycles. The molecule has 3 aromatic carbocycles. The van der Waals surface area contributed by atoms with E-state index in [1.54, 1.807) is 7.11 Å². The standard InChI is InChI=1S/C26H20N2O/c1-29-25-15-9-8-14-22(25)23-16-21(19-10-4-2-5-11-19)17-28-18-24(27-26(23)28)20-12-6-3-7-13-20/h2-18H,1H3. The number of rotatable bonds is 4. The van der Waals surface area contributed by atoms with E-state index in [-0.39, 0.29) is 0 Å². The Morgan fingerprint density at radius 3 is 2.03 bits per heavy atom. The van der Waals surface area contributed by atoms with Gasteiger partial charge in [0.2, 0.25) is 0 Å². The van der Waals surface area contributed by atoms with E-state index in [1.165, 1.54) is 5.56 Å². The first-order valence-electron chi connectivity index (χ1n) is 9.60. The molecule has 0 radical (unpaired) electrons. The minimum absolute atomic E-state index is 0.837. The third-order valence-corrected chi connectivity index (χ3v) is 5.13. The Morgan fingerprint density at radius 2 is 1.31 bits per heavy atom. The molecule has 3 heteroatoms. The zero-order chi connectivity index (χ0) is 19.6. The maximum absolute atomic E-state index is 5.65. The molecule has 0 spiro atoms. The topological polar surface area (TPSA) is 26.5 Å². The van der Waals surface area contributed by atoms with Crippen molar-refractivity contribution >= 4 is 5.65 Å². The molecule has 0 saturated carbocycles. The largest absolute Gasteiger partial charge is 0.496 e. The minimum atomic E-state index is 0.837. The van der Waals surface area contributed by atoms with E-state index in [9.17, 15) is 0 Å². The molecule has 0 aliphatic carbocycles. The molecule has 2 aromatic heterocycles. The summed E-state index contributed by atoms with van der Waals surface area (Å²) in [7, 11) is 1.71. The summed E-state index contributed by atoms with van der Waals surface area (Å²) in [5, 5.41) is 0. The van der Waals surface area contributed by atoms with Gasteiger partial charge in [-0.05, 0) is 23.3 Å². The number of pyridine rings is 1. The van der Waals surface area contributed by atoms with Crippen LogP contribution in [-0.4, -0.2) is 16.5 Å². The summed E-state index contributed by atoms with van der Waals surface area (Å²) in [5.41, 5.74) is 7.34. The van der Waals surface area contributed by atoms with E-state index >= 15 is 0 Å². The number of hydrogen-bond acceptors (Lipinski definition) is 2. The molecule has 0 aliphatic heterocycles. The van der Waals surface area contributed by atoms with Crippen LogP contribution in [0.3, 0.4) is 0 Å². The van der Waals surface area contributed by atoms with Crippen molar-refractivity contribution in [2.45, 2.75) is 0 Å². The van der Waals surface area contributed by atoms with Crippen LogP contribution in [0, 0.1) is 0 Å². The maximum atomic E-state index is 5.65. The van der Waals surface area contributed by atoms with Crippen molar-refractivity contribution in [2.75, 3.05) is 7.11 Å². The summed E-state index contributed by atoms with van der Waals surface area (Å²) in [4.78, 5) is 4.98. The van der Waals surface area contributed by atoms with Crippen LogP contribution in [-0.2, 0) is 0 Å². The summed E-state index contributed by atoms with van der Waals surface area (Å²) < 4.78 is 7.77. The highest BCUT2D eigenvalue weighted by Crippen LogP contribution is 2.36. The van der Waals surface area contributed by atoms with Gasteiger partial charge in [-0.25, -0.2) is 4.98 Å². The monoisotopic (exact) mass is 376 g/mol. The van der Waals surface area contributed by atoms with Crippen LogP contribution in [0.5, 0.6) is 5.75 Å².